The summed E-state index contributed by atoms with van der Waals surface area (Å²) in [6.07, 6.45) is 8.31. The molecule has 168 valence electrons. The first-order valence-corrected chi connectivity index (χ1v) is 10.9. The molecule has 0 unspecified atom stereocenters. The zero-order chi connectivity index (χ0) is 22.9. The molecule has 0 saturated carbocycles. The predicted octanol–water partition coefficient (Wildman–Crippen LogP) is 3.83. The van der Waals surface area contributed by atoms with Crippen LogP contribution in [0.15, 0.2) is 69.5 Å². The SMILES string of the molecule is C[C@@H]1CN(c2cncc(N=Cc3c(O)[nH]c(=O)c4ccc(-c5ccoc5)cc34)c2)C[C@H](C)N1. The van der Waals surface area contributed by atoms with Gasteiger partial charge in [-0.25, -0.2) is 0 Å². The van der Waals surface area contributed by atoms with Crippen LogP contribution in [0.2, 0.25) is 0 Å². The highest BCUT2D eigenvalue weighted by atomic mass is 16.3. The molecule has 0 radical (unpaired) electrons. The summed E-state index contributed by atoms with van der Waals surface area (Å²) in [5, 5.41) is 15.1. The molecule has 4 heterocycles. The largest absolute Gasteiger partial charge is 0.494 e. The second-order valence-corrected chi connectivity index (χ2v) is 8.52. The predicted molar refractivity (Wildman–Crippen MR) is 130 cm³/mol. The van der Waals surface area contributed by atoms with Gasteiger partial charge in [0.2, 0.25) is 5.88 Å². The molecular formula is C25H25N5O3. The molecule has 0 bridgehead atoms. The quantitative estimate of drug-likeness (QED) is 0.414. The summed E-state index contributed by atoms with van der Waals surface area (Å²) in [6, 6.07) is 10.0. The van der Waals surface area contributed by atoms with Gasteiger partial charge < -0.3 is 19.7 Å². The summed E-state index contributed by atoms with van der Waals surface area (Å²) in [6.45, 7) is 6.11. The summed E-state index contributed by atoms with van der Waals surface area (Å²) in [5.41, 5.74) is 3.50. The Morgan fingerprint density at radius 2 is 1.94 bits per heavy atom. The monoisotopic (exact) mass is 443 g/mol. The lowest BCUT2D eigenvalue weighted by Gasteiger charge is -2.37. The first-order chi connectivity index (χ1) is 16.0. The Balaban J connectivity index is 1.52. The fourth-order valence-electron chi connectivity index (χ4n) is 4.41. The van der Waals surface area contributed by atoms with Gasteiger partial charge in [-0.15, -0.1) is 0 Å². The molecule has 1 aliphatic heterocycles. The van der Waals surface area contributed by atoms with E-state index in [1.807, 2.05) is 30.5 Å². The van der Waals surface area contributed by atoms with Crippen molar-refractivity contribution in [3.63, 3.8) is 0 Å². The van der Waals surface area contributed by atoms with E-state index in [9.17, 15) is 9.90 Å². The Hall–Kier alpha value is -3.91. The second-order valence-electron chi connectivity index (χ2n) is 8.52. The summed E-state index contributed by atoms with van der Waals surface area (Å²) in [4.78, 5) is 26.1. The van der Waals surface area contributed by atoms with Crippen molar-refractivity contribution in [2.45, 2.75) is 25.9 Å². The van der Waals surface area contributed by atoms with Crippen LogP contribution in [0.5, 0.6) is 5.88 Å². The van der Waals surface area contributed by atoms with Gasteiger partial charge >= 0.3 is 0 Å². The normalized spacial score (nSPS) is 18.9. The molecule has 4 aromatic rings. The number of piperazine rings is 1. The number of hydrogen-bond donors (Lipinski definition) is 3. The molecule has 1 fully saturated rings. The van der Waals surface area contributed by atoms with Crippen molar-refractivity contribution >= 4 is 28.4 Å². The molecule has 8 nitrogen and oxygen atoms in total. The summed E-state index contributed by atoms with van der Waals surface area (Å²) in [7, 11) is 0. The van der Waals surface area contributed by atoms with Crippen LogP contribution in [0.4, 0.5) is 11.4 Å². The van der Waals surface area contributed by atoms with Gasteiger partial charge in [0.05, 0.1) is 41.9 Å². The lowest BCUT2D eigenvalue weighted by atomic mass is 10.0. The van der Waals surface area contributed by atoms with Gasteiger partial charge in [0.1, 0.15) is 0 Å². The maximum atomic E-state index is 12.4. The van der Waals surface area contributed by atoms with Gasteiger partial charge in [-0.05, 0) is 43.7 Å². The molecule has 5 rings (SSSR count). The number of pyridine rings is 2. The van der Waals surface area contributed by atoms with Crippen molar-refractivity contribution < 1.29 is 9.52 Å². The number of aromatic hydroxyl groups is 1. The third-order valence-electron chi connectivity index (χ3n) is 5.87. The van der Waals surface area contributed by atoms with E-state index in [0.717, 1.165) is 29.9 Å². The van der Waals surface area contributed by atoms with Crippen molar-refractivity contribution in [3.8, 4) is 17.0 Å². The standard InChI is InChI=1S/C25H25N5O3/c1-15-12-30(13-16(2)28-15)20-8-19(9-26-10-20)27-11-23-22-7-17(18-5-6-33-14-18)3-4-21(22)24(31)29-25(23)32/h3-11,14-16,28H,12-13H2,1-2H3,(H2,29,31,32)/t15-,16+. The van der Waals surface area contributed by atoms with E-state index in [1.165, 1.54) is 0 Å². The third kappa shape index (κ3) is 4.25. The Morgan fingerprint density at radius 1 is 1.12 bits per heavy atom. The van der Waals surface area contributed by atoms with Crippen LogP contribution in [0.3, 0.4) is 0 Å². The highest BCUT2D eigenvalue weighted by Gasteiger charge is 2.21. The number of aromatic amines is 1. The molecule has 3 aromatic heterocycles. The molecule has 8 heteroatoms. The van der Waals surface area contributed by atoms with E-state index in [2.05, 4.69) is 39.0 Å². The minimum atomic E-state index is -0.357. The first kappa shape index (κ1) is 21.0. The lowest BCUT2D eigenvalue weighted by molar-refractivity contribution is 0.407. The van der Waals surface area contributed by atoms with Gasteiger partial charge in [-0.2, -0.15) is 0 Å². The van der Waals surface area contributed by atoms with Crippen LogP contribution < -0.4 is 15.8 Å². The van der Waals surface area contributed by atoms with Crippen molar-refractivity contribution in [1.29, 1.82) is 0 Å². The number of nitrogens with one attached hydrogen (secondary N) is 2. The zero-order valence-corrected chi connectivity index (χ0v) is 18.4. The Kier molecular flexibility index (Phi) is 5.43. The number of fused-ring (bicyclic) bond motifs is 1. The van der Waals surface area contributed by atoms with Crippen LogP contribution >= 0.6 is 0 Å². The summed E-state index contributed by atoms with van der Waals surface area (Å²) < 4.78 is 5.18. The topological polar surface area (TPSA) is 107 Å². The van der Waals surface area contributed by atoms with Crippen molar-refractivity contribution in [2.75, 3.05) is 18.0 Å². The van der Waals surface area contributed by atoms with Gasteiger partial charge in [0.15, 0.2) is 0 Å². The fourth-order valence-corrected chi connectivity index (χ4v) is 4.41. The fraction of sp³-hybridized carbons (Fsp3) is 0.240. The van der Waals surface area contributed by atoms with E-state index in [0.29, 0.717) is 34.1 Å². The number of rotatable bonds is 4. The number of aliphatic imine (C=N–C) groups is 1. The van der Waals surface area contributed by atoms with Crippen molar-refractivity contribution in [2.24, 2.45) is 4.99 Å². The summed E-state index contributed by atoms with van der Waals surface area (Å²) in [5.74, 6) is -0.227. The van der Waals surface area contributed by atoms with E-state index >= 15 is 0 Å². The highest BCUT2D eigenvalue weighted by Crippen LogP contribution is 2.28. The maximum Gasteiger partial charge on any atom is 0.258 e. The molecule has 33 heavy (non-hydrogen) atoms. The minimum absolute atomic E-state index is 0.227. The van der Waals surface area contributed by atoms with E-state index in [4.69, 9.17) is 4.42 Å². The van der Waals surface area contributed by atoms with Crippen molar-refractivity contribution in [1.82, 2.24) is 15.3 Å². The lowest BCUT2D eigenvalue weighted by Crippen LogP contribution is -2.54. The molecule has 1 aliphatic rings. The number of H-pyrrole nitrogens is 1. The maximum absolute atomic E-state index is 12.4. The van der Waals surface area contributed by atoms with Crippen LogP contribution in [-0.4, -0.2) is 46.5 Å². The Bertz CT molecular complexity index is 1370. The number of aromatic nitrogens is 2. The average molecular weight is 444 g/mol. The third-order valence-corrected chi connectivity index (χ3v) is 5.87. The average Bonchev–Trinajstić information content (AvgIpc) is 3.33. The number of anilines is 1. The highest BCUT2D eigenvalue weighted by molar-refractivity contribution is 6.03. The second kappa shape index (κ2) is 8.55. The molecule has 0 spiro atoms. The Morgan fingerprint density at radius 3 is 2.70 bits per heavy atom. The van der Waals surface area contributed by atoms with E-state index in [1.54, 1.807) is 31.0 Å². The molecule has 1 saturated heterocycles. The number of benzene rings is 1. The zero-order valence-electron chi connectivity index (χ0n) is 18.4. The smallest absolute Gasteiger partial charge is 0.258 e. The van der Waals surface area contributed by atoms with Gasteiger partial charge in [0, 0.05) is 47.7 Å². The number of nitrogens with zero attached hydrogens (tertiary/aromatic N) is 3. The molecular weight excluding hydrogens is 418 g/mol. The van der Waals surface area contributed by atoms with Gasteiger partial charge in [0.25, 0.3) is 5.56 Å². The minimum Gasteiger partial charge on any atom is -0.494 e. The number of hydrogen-bond acceptors (Lipinski definition) is 7. The van der Waals surface area contributed by atoms with E-state index < -0.39 is 0 Å². The summed E-state index contributed by atoms with van der Waals surface area (Å²) >= 11 is 0. The Labute approximate surface area is 190 Å². The van der Waals surface area contributed by atoms with Crippen LogP contribution in [0.25, 0.3) is 21.9 Å². The molecule has 0 aliphatic carbocycles. The van der Waals surface area contributed by atoms with Gasteiger partial charge in [-0.1, -0.05) is 6.07 Å². The molecule has 2 atom stereocenters. The molecule has 0 amide bonds. The van der Waals surface area contributed by atoms with Crippen LogP contribution in [0, 0.1) is 0 Å². The van der Waals surface area contributed by atoms with Gasteiger partial charge in [-0.3, -0.25) is 19.8 Å². The number of furan rings is 1. The first-order valence-electron chi connectivity index (χ1n) is 10.9. The van der Waals surface area contributed by atoms with Crippen LogP contribution in [-0.2, 0) is 0 Å². The van der Waals surface area contributed by atoms with Crippen molar-refractivity contribution in [3.05, 3.63) is 71.2 Å². The molecule has 3 N–H and O–H groups in total. The molecule has 1 aromatic carbocycles. The van der Waals surface area contributed by atoms with E-state index in [-0.39, 0.29) is 11.4 Å². The van der Waals surface area contributed by atoms with Crippen LogP contribution in [0.1, 0.15) is 19.4 Å².